The summed E-state index contributed by atoms with van der Waals surface area (Å²) >= 11 is 1.34. The number of hydrogen-bond acceptors (Lipinski definition) is 4. The number of pyridine rings is 1. The summed E-state index contributed by atoms with van der Waals surface area (Å²) in [5, 5.41) is 4.65. The second kappa shape index (κ2) is 5.80. The standard InChI is InChI=1S/C13H13F3N2OS/c1-17-12(11-5-8(19-2)7-20-11)9-6-18-4-3-10(9)13(14,15)16/h3-7,12,17H,1-2H3. The first-order valence-electron chi connectivity index (χ1n) is 5.78. The van der Waals surface area contributed by atoms with Crippen LogP contribution < -0.4 is 10.1 Å². The maximum Gasteiger partial charge on any atom is 0.416 e. The fourth-order valence-corrected chi connectivity index (χ4v) is 2.92. The van der Waals surface area contributed by atoms with Gasteiger partial charge in [0.05, 0.1) is 18.7 Å². The van der Waals surface area contributed by atoms with Crippen molar-refractivity contribution >= 4 is 11.3 Å². The molecular weight excluding hydrogens is 289 g/mol. The summed E-state index contributed by atoms with van der Waals surface area (Å²) < 4.78 is 44.2. The molecule has 0 fully saturated rings. The van der Waals surface area contributed by atoms with Gasteiger partial charge in [-0.15, -0.1) is 11.3 Å². The zero-order valence-corrected chi connectivity index (χ0v) is 11.7. The SMILES string of the molecule is CNC(c1cc(OC)cs1)c1cnccc1C(F)(F)F. The molecule has 0 aliphatic rings. The Morgan fingerprint density at radius 1 is 1.40 bits per heavy atom. The number of ether oxygens (including phenoxy) is 1. The summed E-state index contributed by atoms with van der Waals surface area (Å²) in [5.41, 5.74) is -0.578. The van der Waals surface area contributed by atoms with E-state index in [2.05, 4.69) is 10.3 Å². The smallest absolute Gasteiger partial charge is 0.416 e. The van der Waals surface area contributed by atoms with Gasteiger partial charge in [-0.1, -0.05) is 0 Å². The maximum atomic E-state index is 13.1. The van der Waals surface area contributed by atoms with E-state index in [4.69, 9.17) is 4.74 Å². The van der Waals surface area contributed by atoms with Crippen LogP contribution in [0.4, 0.5) is 13.2 Å². The van der Waals surface area contributed by atoms with E-state index in [1.165, 1.54) is 24.6 Å². The van der Waals surface area contributed by atoms with Crippen molar-refractivity contribution < 1.29 is 17.9 Å². The van der Waals surface area contributed by atoms with E-state index in [0.29, 0.717) is 5.75 Å². The average Bonchev–Trinajstić information content (AvgIpc) is 2.88. The van der Waals surface area contributed by atoms with Crippen molar-refractivity contribution in [2.24, 2.45) is 0 Å². The van der Waals surface area contributed by atoms with Gasteiger partial charge in [0.15, 0.2) is 0 Å². The predicted molar refractivity (Wildman–Crippen MR) is 71.0 cm³/mol. The van der Waals surface area contributed by atoms with Gasteiger partial charge in [-0.3, -0.25) is 4.98 Å². The van der Waals surface area contributed by atoms with Gasteiger partial charge in [0.25, 0.3) is 0 Å². The Morgan fingerprint density at radius 3 is 2.70 bits per heavy atom. The molecule has 1 unspecified atom stereocenters. The molecule has 0 amide bonds. The predicted octanol–water partition coefficient (Wildman–Crippen LogP) is 3.48. The first-order chi connectivity index (χ1) is 9.47. The Bertz CT molecular complexity index is 583. The molecular formula is C13H13F3N2OS. The lowest BCUT2D eigenvalue weighted by molar-refractivity contribution is -0.138. The number of aromatic nitrogens is 1. The van der Waals surface area contributed by atoms with Gasteiger partial charge in [-0.25, -0.2) is 0 Å². The van der Waals surface area contributed by atoms with E-state index >= 15 is 0 Å². The number of methoxy groups -OCH3 is 1. The molecule has 0 aliphatic heterocycles. The number of rotatable bonds is 4. The minimum absolute atomic E-state index is 0.104. The summed E-state index contributed by atoms with van der Waals surface area (Å²) in [6.07, 6.45) is -2.01. The molecule has 1 N–H and O–H groups in total. The van der Waals surface area contributed by atoms with Crippen molar-refractivity contribution in [1.82, 2.24) is 10.3 Å². The molecule has 0 radical (unpaired) electrons. The molecule has 108 valence electrons. The Labute approximate surface area is 118 Å². The van der Waals surface area contributed by atoms with Crippen LogP contribution in [0.1, 0.15) is 22.0 Å². The fraction of sp³-hybridized carbons (Fsp3) is 0.308. The van der Waals surface area contributed by atoms with E-state index in [9.17, 15) is 13.2 Å². The molecule has 2 aromatic heterocycles. The van der Waals surface area contributed by atoms with Gasteiger partial charge in [0.1, 0.15) is 5.75 Å². The third kappa shape index (κ3) is 2.94. The molecule has 3 nitrogen and oxygen atoms in total. The van der Waals surface area contributed by atoms with Crippen LogP contribution in [0.3, 0.4) is 0 Å². The van der Waals surface area contributed by atoms with Gasteiger partial charge in [-0.2, -0.15) is 13.2 Å². The van der Waals surface area contributed by atoms with Crippen molar-refractivity contribution in [3.05, 3.63) is 45.9 Å². The molecule has 2 heterocycles. The molecule has 0 saturated carbocycles. The number of nitrogens with zero attached hydrogens (tertiary/aromatic N) is 1. The number of nitrogens with one attached hydrogen (secondary N) is 1. The van der Waals surface area contributed by atoms with Crippen LogP contribution in [0.25, 0.3) is 0 Å². The van der Waals surface area contributed by atoms with Crippen LogP contribution in [0, 0.1) is 0 Å². The van der Waals surface area contributed by atoms with E-state index in [-0.39, 0.29) is 5.56 Å². The van der Waals surface area contributed by atoms with Crippen LogP contribution in [0.15, 0.2) is 29.9 Å². The van der Waals surface area contributed by atoms with Crippen LogP contribution in [0.2, 0.25) is 0 Å². The third-order valence-corrected chi connectivity index (χ3v) is 3.85. The van der Waals surface area contributed by atoms with Crippen molar-refractivity contribution in [3.63, 3.8) is 0 Å². The Morgan fingerprint density at radius 2 is 2.15 bits per heavy atom. The average molecular weight is 302 g/mol. The molecule has 0 saturated heterocycles. The second-order valence-corrected chi connectivity index (χ2v) is 5.01. The van der Waals surface area contributed by atoms with Crippen LogP contribution in [-0.2, 0) is 6.18 Å². The maximum absolute atomic E-state index is 13.1. The zero-order valence-electron chi connectivity index (χ0n) is 10.9. The highest BCUT2D eigenvalue weighted by Crippen LogP contribution is 2.38. The van der Waals surface area contributed by atoms with E-state index in [0.717, 1.165) is 17.1 Å². The summed E-state index contributed by atoms with van der Waals surface area (Å²) in [7, 11) is 3.13. The summed E-state index contributed by atoms with van der Waals surface area (Å²) in [6.45, 7) is 0. The first-order valence-corrected chi connectivity index (χ1v) is 6.66. The van der Waals surface area contributed by atoms with Crippen molar-refractivity contribution in [2.75, 3.05) is 14.2 Å². The van der Waals surface area contributed by atoms with Gasteiger partial charge in [-0.05, 0) is 19.2 Å². The fourth-order valence-electron chi connectivity index (χ4n) is 1.94. The van der Waals surface area contributed by atoms with Gasteiger partial charge in [0.2, 0.25) is 0 Å². The van der Waals surface area contributed by atoms with Gasteiger partial charge >= 0.3 is 6.18 Å². The highest BCUT2D eigenvalue weighted by molar-refractivity contribution is 7.10. The minimum atomic E-state index is -4.41. The van der Waals surface area contributed by atoms with Crippen LogP contribution >= 0.6 is 11.3 Å². The number of thiophene rings is 1. The number of alkyl halides is 3. The highest BCUT2D eigenvalue weighted by atomic mass is 32.1. The quantitative estimate of drug-likeness (QED) is 0.939. The van der Waals surface area contributed by atoms with Crippen molar-refractivity contribution in [3.8, 4) is 5.75 Å². The monoisotopic (exact) mass is 302 g/mol. The lowest BCUT2D eigenvalue weighted by Gasteiger charge is -2.19. The van der Waals surface area contributed by atoms with Crippen LogP contribution in [0.5, 0.6) is 5.75 Å². The van der Waals surface area contributed by atoms with Crippen molar-refractivity contribution in [2.45, 2.75) is 12.2 Å². The van der Waals surface area contributed by atoms with Gasteiger partial charge < -0.3 is 10.1 Å². The normalized spacial score (nSPS) is 13.2. The molecule has 2 rings (SSSR count). The number of hydrogen-bond donors (Lipinski definition) is 1. The largest absolute Gasteiger partial charge is 0.496 e. The van der Waals surface area contributed by atoms with Crippen LogP contribution in [-0.4, -0.2) is 19.1 Å². The number of halogens is 3. The second-order valence-electron chi connectivity index (χ2n) is 4.07. The summed E-state index contributed by atoms with van der Waals surface area (Å²) in [4.78, 5) is 4.55. The Kier molecular flexibility index (Phi) is 4.29. The zero-order chi connectivity index (χ0) is 14.8. The lowest BCUT2D eigenvalue weighted by atomic mass is 10.0. The summed E-state index contributed by atoms with van der Waals surface area (Å²) in [5.74, 6) is 0.627. The van der Waals surface area contributed by atoms with E-state index in [1.807, 2.05) is 0 Å². The molecule has 20 heavy (non-hydrogen) atoms. The molecule has 2 aromatic rings. The highest BCUT2D eigenvalue weighted by Gasteiger charge is 2.35. The molecule has 0 aliphatic carbocycles. The molecule has 0 aromatic carbocycles. The Balaban J connectivity index is 2.47. The first kappa shape index (κ1) is 14.8. The lowest BCUT2D eigenvalue weighted by Crippen LogP contribution is -2.21. The van der Waals surface area contributed by atoms with Gasteiger partial charge in [0, 0.05) is 28.2 Å². The topological polar surface area (TPSA) is 34.1 Å². The molecule has 1 atom stereocenters. The van der Waals surface area contributed by atoms with Crippen molar-refractivity contribution in [1.29, 1.82) is 0 Å². The molecule has 7 heteroatoms. The van der Waals surface area contributed by atoms with E-state index < -0.39 is 17.8 Å². The minimum Gasteiger partial charge on any atom is -0.496 e. The van der Waals surface area contributed by atoms with E-state index in [1.54, 1.807) is 18.5 Å². The third-order valence-electron chi connectivity index (χ3n) is 2.87. The Hall–Kier alpha value is -1.60. The summed E-state index contributed by atoms with van der Waals surface area (Å²) in [6, 6.07) is 2.14. The molecule has 0 bridgehead atoms. The molecule has 0 spiro atoms.